The summed E-state index contributed by atoms with van der Waals surface area (Å²) in [7, 11) is 1.34. The van der Waals surface area contributed by atoms with Gasteiger partial charge in [0.15, 0.2) is 0 Å². The molecule has 2 unspecified atom stereocenters. The monoisotopic (exact) mass is 452 g/mol. The molecule has 0 spiro atoms. The average Bonchev–Trinajstić information content (AvgIpc) is 3.12. The lowest BCUT2D eigenvalue weighted by atomic mass is 9.91. The third kappa shape index (κ3) is 5.09. The van der Waals surface area contributed by atoms with Crippen LogP contribution in [0.3, 0.4) is 0 Å². The van der Waals surface area contributed by atoms with Crippen molar-refractivity contribution >= 4 is 36.3 Å². The maximum absolute atomic E-state index is 12.9. The number of rotatable bonds is 8. The van der Waals surface area contributed by atoms with Gasteiger partial charge in [0.05, 0.1) is 21.5 Å². The van der Waals surface area contributed by atoms with Gasteiger partial charge in [-0.25, -0.2) is 0 Å². The summed E-state index contributed by atoms with van der Waals surface area (Å²) in [6, 6.07) is 2.27. The molecule has 1 amide bonds. The first-order valence-electron chi connectivity index (χ1n) is 8.20. The van der Waals surface area contributed by atoms with Gasteiger partial charge in [0.1, 0.15) is 11.7 Å². The van der Waals surface area contributed by atoms with Crippen molar-refractivity contribution in [1.29, 1.82) is 0 Å². The van der Waals surface area contributed by atoms with Crippen molar-refractivity contribution in [1.82, 2.24) is 10.1 Å². The van der Waals surface area contributed by atoms with Gasteiger partial charge >= 0.3 is 0 Å². The molecule has 7 heteroatoms. The van der Waals surface area contributed by atoms with Crippen LogP contribution in [-0.2, 0) is 15.4 Å². The van der Waals surface area contributed by atoms with Crippen LogP contribution in [0.25, 0.3) is 0 Å². The van der Waals surface area contributed by atoms with Crippen LogP contribution in [0.1, 0.15) is 57.4 Å². The van der Waals surface area contributed by atoms with Crippen LogP contribution in [0, 0.1) is 5.92 Å². The van der Waals surface area contributed by atoms with Crippen molar-refractivity contribution in [2.75, 3.05) is 13.2 Å². The van der Waals surface area contributed by atoms with Crippen LogP contribution >= 0.6 is 30.4 Å². The maximum Gasteiger partial charge on any atom is 0.233 e. The summed E-state index contributed by atoms with van der Waals surface area (Å²) in [6.07, 6.45) is 3.88. The third-order valence-electron chi connectivity index (χ3n) is 4.36. The molecule has 2 heterocycles. The van der Waals surface area contributed by atoms with Crippen molar-refractivity contribution in [3.8, 4) is 0 Å². The molecule has 1 aliphatic heterocycles. The molecule has 1 fully saturated rings. The van der Waals surface area contributed by atoms with Crippen molar-refractivity contribution in [3.05, 3.63) is 17.5 Å². The molecular formula is C16H25IN2O3S. The molecule has 1 aromatic rings. The number of amides is 1. The molecule has 0 bridgehead atoms. The Morgan fingerprint density at radius 1 is 1.61 bits per heavy atom. The molecule has 2 rings (SSSR count). The SMILES string of the molecule is CC(C)C(C(=O)N1CCCC1C)c1cc(CCCOSI)no1. The summed E-state index contributed by atoms with van der Waals surface area (Å²) in [5.41, 5.74) is 0.898. The fraction of sp³-hybridized carbons (Fsp3) is 0.750. The lowest BCUT2D eigenvalue weighted by Gasteiger charge is -2.27. The number of aryl methyl sites for hydroxylation is 1. The summed E-state index contributed by atoms with van der Waals surface area (Å²) >= 11 is 2.11. The Morgan fingerprint density at radius 3 is 3.00 bits per heavy atom. The number of aromatic nitrogens is 1. The van der Waals surface area contributed by atoms with Gasteiger partial charge in [-0.3, -0.25) is 4.79 Å². The molecule has 1 saturated heterocycles. The van der Waals surface area contributed by atoms with Gasteiger partial charge in [0.25, 0.3) is 0 Å². The number of halogens is 1. The summed E-state index contributed by atoms with van der Waals surface area (Å²) in [4.78, 5) is 14.9. The van der Waals surface area contributed by atoms with E-state index >= 15 is 0 Å². The third-order valence-corrected chi connectivity index (χ3v) is 5.38. The predicted octanol–water partition coefficient (Wildman–Crippen LogP) is 4.37. The zero-order valence-electron chi connectivity index (χ0n) is 14.0. The number of nitrogens with zero attached hydrogens (tertiary/aromatic N) is 2. The standard InChI is InChI=1S/C16H25IN2O3S/c1-11(2)15(16(20)19-8-4-6-12(19)3)14-10-13(18-22-14)7-5-9-21-23-17/h10-12,15H,4-9H2,1-3H3. The zero-order chi connectivity index (χ0) is 16.8. The van der Waals surface area contributed by atoms with Crippen LogP contribution in [0.15, 0.2) is 10.6 Å². The fourth-order valence-electron chi connectivity index (χ4n) is 3.11. The molecule has 0 saturated carbocycles. The minimum Gasteiger partial charge on any atom is -0.360 e. The van der Waals surface area contributed by atoms with E-state index in [9.17, 15) is 4.79 Å². The molecule has 0 N–H and O–H groups in total. The summed E-state index contributed by atoms with van der Waals surface area (Å²) in [5.74, 6) is 0.827. The number of hydrogen-bond donors (Lipinski definition) is 0. The molecule has 2 atom stereocenters. The molecule has 5 nitrogen and oxygen atoms in total. The van der Waals surface area contributed by atoms with E-state index in [1.807, 2.05) is 11.0 Å². The van der Waals surface area contributed by atoms with Crippen molar-refractivity contribution < 1.29 is 13.5 Å². The highest BCUT2D eigenvalue weighted by Gasteiger charge is 2.35. The minimum atomic E-state index is -0.238. The average molecular weight is 452 g/mol. The normalized spacial score (nSPS) is 19.5. The Kier molecular flexibility index (Phi) is 7.68. The second-order valence-electron chi connectivity index (χ2n) is 6.45. The molecule has 0 aromatic carbocycles. The van der Waals surface area contributed by atoms with Gasteiger partial charge in [-0.05, 0) is 38.5 Å². The number of hydrogen-bond acceptors (Lipinski definition) is 5. The van der Waals surface area contributed by atoms with Crippen molar-refractivity contribution in [3.63, 3.8) is 0 Å². The van der Waals surface area contributed by atoms with E-state index < -0.39 is 0 Å². The van der Waals surface area contributed by atoms with Gasteiger partial charge < -0.3 is 13.6 Å². The lowest BCUT2D eigenvalue weighted by Crippen LogP contribution is -2.38. The Bertz CT molecular complexity index is 509. The van der Waals surface area contributed by atoms with E-state index in [0.717, 1.165) is 37.9 Å². The molecule has 130 valence electrons. The van der Waals surface area contributed by atoms with Gasteiger partial charge in [0, 0.05) is 39.9 Å². The predicted molar refractivity (Wildman–Crippen MR) is 100 cm³/mol. The minimum absolute atomic E-state index is 0.178. The first-order valence-corrected chi connectivity index (χ1v) is 11.5. The fourth-order valence-corrected chi connectivity index (χ4v) is 3.83. The number of carbonyl (C=O) groups excluding carboxylic acids is 1. The van der Waals surface area contributed by atoms with E-state index in [0.29, 0.717) is 18.4 Å². The van der Waals surface area contributed by atoms with Crippen LogP contribution < -0.4 is 0 Å². The highest BCUT2D eigenvalue weighted by atomic mass is 127. The topological polar surface area (TPSA) is 55.6 Å². The van der Waals surface area contributed by atoms with Crippen LogP contribution in [0.4, 0.5) is 0 Å². The molecule has 23 heavy (non-hydrogen) atoms. The lowest BCUT2D eigenvalue weighted by molar-refractivity contribution is -0.134. The van der Waals surface area contributed by atoms with Crippen LogP contribution in [0.5, 0.6) is 0 Å². The summed E-state index contributed by atoms with van der Waals surface area (Å²) < 4.78 is 10.8. The van der Waals surface area contributed by atoms with E-state index in [1.165, 1.54) is 9.21 Å². The Hall–Kier alpha value is -0.280. The molecule has 0 radical (unpaired) electrons. The van der Waals surface area contributed by atoms with Gasteiger partial charge in [0.2, 0.25) is 5.91 Å². The number of carbonyl (C=O) groups is 1. The summed E-state index contributed by atoms with van der Waals surface area (Å²) in [5, 5.41) is 4.14. The maximum atomic E-state index is 12.9. The summed E-state index contributed by atoms with van der Waals surface area (Å²) in [6.45, 7) is 7.80. The van der Waals surface area contributed by atoms with E-state index in [1.54, 1.807) is 0 Å². The molecule has 1 aromatic heterocycles. The molecular weight excluding hydrogens is 427 g/mol. The van der Waals surface area contributed by atoms with Crippen LogP contribution in [0.2, 0.25) is 0 Å². The van der Waals surface area contributed by atoms with E-state index in [2.05, 4.69) is 47.1 Å². The second-order valence-corrected chi connectivity index (χ2v) is 7.89. The largest absolute Gasteiger partial charge is 0.360 e. The smallest absolute Gasteiger partial charge is 0.233 e. The van der Waals surface area contributed by atoms with Crippen LogP contribution in [-0.4, -0.2) is 35.2 Å². The Morgan fingerprint density at radius 2 is 2.39 bits per heavy atom. The van der Waals surface area contributed by atoms with E-state index in [4.69, 9.17) is 8.71 Å². The quantitative estimate of drug-likeness (QED) is 0.333. The van der Waals surface area contributed by atoms with Gasteiger partial charge in [-0.15, -0.1) is 0 Å². The highest BCUT2D eigenvalue weighted by molar-refractivity contribution is 14.2. The Balaban J connectivity index is 2.03. The molecule has 0 aliphatic carbocycles. The van der Waals surface area contributed by atoms with Crippen molar-refractivity contribution in [2.45, 2.75) is 58.4 Å². The second kappa shape index (κ2) is 9.27. The molecule has 1 aliphatic rings. The zero-order valence-corrected chi connectivity index (χ0v) is 16.9. The highest BCUT2D eigenvalue weighted by Crippen LogP contribution is 2.30. The first kappa shape index (κ1) is 19.1. The first-order chi connectivity index (χ1) is 11.0. The van der Waals surface area contributed by atoms with Crippen molar-refractivity contribution in [2.24, 2.45) is 5.92 Å². The number of likely N-dealkylation sites (tertiary alicyclic amines) is 1. The van der Waals surface area contributed by atoms with Gasteiger partial charge in [-0.1, -0.05) is 19.0 Å². The van der Waals surface area contributed by atoms with E-state index in [-0.39, 0.29) is 17.7 Å². The Labute approximate surface area is 154 Å². The van der Waals surface area contributed by atoms with Gasteiger partial charge in [-0.2, -0.15) is 0 Å².